The van der Waals surface area contributed by atoms with Crippen LogP contribution in [0.15, 0.2) is 47.4 Å². The molecule has 0 aliphatic carbocycles. The fraction of sp³-hybridized carbons (Fsp3) is 0.417. The van der Waals surface area contributed by atoms with Crippen LogP contribution < -0.4 is 5.32 Å². The van der Waals surface area contributed by atoms with E-state index in [9.17, 15) is 18.0 Å². The van der Waals surface area contributed by atoms with Crippen LogP contribution in [0.3, 0.4) is 0 Å². The quantitative estimate of drug-likeness (QED) is 0.473. The number of likely N-dealkylation sites (N-methyl/N-ethyl adjacent to an activating group) is 1. The van der Waals surface area contributed by atoms with Gasteiger partial charge in [-0.2, -0.15) is 4.31 Å². The van der Waals surface area contributed by atoms with Gasteiger partial charge >= 0.3 is 0 Å². The number of rotatable bonds is 11. The average Bonchev–Trinajstić information content (AvgIpc) is 2.79. The highest BCUT2D eigenvalue weighted by molar-refractivity contribution is 7.89. The summed E-state index contributed by atoms with van der Waals surface area (Å²) in [5.74, 6) is -0.787. The molecule has 2 aromatic carbocycles. The van der Waals surface area contributed by atoms with Crippen LogP contribution in [0.4, 0.5) is 0 Å². The zero-order chi connectivity index (χ0) is 25.5. The van der Waals surface area contributed by atoms with E-state index in [2.05, 4.69) is 5.32 Å². The fourth-order valence-corrected chi connectivity index (χ4v) is 4.82. The first-order valence-corrected chi connectivity index (χ1v) is 13.2. The van der Waals surface area contributed by atoms with Gasteiger partial charge in [-0.25, -0.2) is 8.42 Å². The van der Waals surface area contributed by atoms with Crippen LogP contribution in [0.1, 0.15) is 37.8 Å². The molecule has 0 saturated heterocycles. The van der Waals surface area contributed by atoms with E-state index in [1.54, 1.807) is 37.3 Å². The molecular weight excluding hydrogens is 497 g/mol. The van der Waals surface area contributed by atoms with Crippen molar-refractivity contribution in [1.29, 1.82) is 0 Å². The van der Waals surface area contributed by atoms with Crippen molar-refractivity contribution >= 4 is 45.0 Å². The molecule has 0 aromatic heterocycles. The second-order valence-electron chi connectivity index (χ2n) is 8.06. The van der Waals surface area contributed by atoms with Gasteiger partial charge in [-0.3, -0.25) is 9.59 Å². The summed E-state index contributed by atoms with van der Waals surface area (Å²) in [5.41, 5.74) is 1.60. The zero-order valence-corrected chi connectivity index (χ0v) is 22.2. The van der Waals surface area contributed by atoms with Crippen LogP contribution in [0.5, 0.6) is 0 Å². The van der Waals surface area contributed by atoms with Gasteiger partial charge in [0.15, 0.2) is 0 Å². The number of carbonyl (C=O) groups is 2. The lowest BCUT2D eigenvalue weighted by atomic mass is 10.1. The third kappa shape index (κ3) is 7.18. The highest BCUT2D eigenvalue weighted by atomic mass is 35.5. The molecule has 7 nitrogen and oxygen atoms in total. The second-order valence-corrected chi connectivity index (χ2v) is 10.9. The molecule has 10 heteroatoms. The molecule has 0 bridgehead atoms. The van der Waals surface area contributed by atoms with Crippen molar-refractivity contribution in [2.45, 2.75) is 51.1 Å². The van der Waals surface area contributed by atoms with Gasteiger partial charge in [0, 0.05) is 20.1 Å². The molecule has 1 unspecified atom stereocenters. The first-order valence-electron chi connectivity index (χ1n) is 11.0. The van der Waals surface area contributed by atoms with E-state index in [-0.39, 0.29) is 17.3 Å². The lowest BCUT2D eigenvalue weighted by Gasteiger charge is -2.32. The third-order valence-electron chi connectivity index (χ3n) is 5.36. The minimum Gasteiger partial charge on any atom is -0.354 e. The van der Waals surface area contributed by atoms with Gasteiger partial charge in [-0.05, 0) is 49.6 Å². The Morgan fingerprint density at radius 3 is 2.24 bits per heavy atom. The molecule has 34 heavy (non-hydrogen) atoms. The van der Waals surface area contributed by atoms with Crippen molar-refractivity contribution in [1.82, 2.24) is 14.5 Å². The summed E-state index contributed by atoms with van der Waals surface area (Å²) in [6.45, 7) is 5.73. The van der Waals surface area contributed by atoms with Crippen LogP contribution in [-0.2, 0) is 26.2 Å². The van der Waals surface area contributed by atoms with Gasteiger partial charge < -0.3 is 10.2 Å². The maximum atomic E-state index is 13.4. The number of hydrogen-bond donors (Lipinski definition) is 1. The highest BCUT2D eigenvalue weighted by Gasteiger charge is 2.31. The van der Waals surface area contributed by atoms with E-state index < -0.39 is 28.5 Å². The summed E-state index contributed by atoms with van der Waals surface area (Å²) in [5, 5.41) is 3.53. The van der Waals surface area contributed by atoms with Gasteiger partial charge in [-0.15, -0.1) is 0 Å². The Bertz CT molecular complexity index is 1110. The van der Waals surface area contributed by atoms with Crippen LogP contribution >= 0.6 is 23.2 Å². The largest absolute Gasteiger partial charge is 0.354 e. The molecule has 0 saturated carbocycles. The van der Waals surface area contributed by atoms with Crippen molar-refractivity contribution in [3.63, 3.8) is 0 Å². The summed E-state index contributed by atoms with van der Waals surface area (Å²) in [7, 11) is -2.54. The van der Waals surface area contributed by atoms with E-state index in [1.165, 1.54) is 24.1 Å². The van der Waals surface area contributed by atoms with Crippen molar-refractivity contribution in [2.75, 3.05) is 20.1 Å². The molecule has 1 N–H and O–H groups in total. The average molecular weight is 529 g/mol. The van der Waals surface area contributed by atoms with Crippen LogP contribution in [0.2, 0.25) is 10.0 Å². The predicted octanol–water partition coefficient (Wildman–Crippen LogP) is 4.26. The summed E-state index contributed by atoms with van der Waals surface area (Å²) in [4.78, 5) is 27.7. The number of nitrogens with zero attached hydrogens (tertiary/aromatic N) is 2. The number of hydrogen-bond acceptors (Lipinski definition) is 4. The molecule has 0 aliphatic rings. The smallest absolute Gasteiger partial charge is 0.243 e. The molecule has 2 aromatic rings. The van der Waals surface area contributed by atoms with Crippen LogP contribution in [0, 0.1) is 6.92 Å². The number of benzene rings is 2. The molecule has 0 fully saturated rings. The number of nitrogens with one attached hydrogen (secondary N) is 1. The Morgan fingerprint density at radius 1 is 1.03 bits per heavy atom. The zero-order valence-electron chi connectivity index (χ0n) is 19.8. The second kappa shape index (κ2) is 12.5. The number of amides is 2. The molecule has 186 valence electrons. The van der Waals surface area contributed by atoms with Crippen molar-refractivity contribution in [2.24, 2.45) is 0 Å². The molecule has 0 aliphatic heterocycles. The fourth-order valence-electron chi connectivity index (χ4n) is 3.38. The van der Waals surface area contributed by atoms with Gasteiger partial charge in [0.1, 0.15) is 6.04 Å². The standard InChI is InChI=1S/C24H31Cl2N3O4S/c1-5-13-27-24(31)22(6-2)29(15-18-9-12-20(25)21(26)14-18)23(30)16-28(4)34(32,33)19-10-7-17(3)8-11-19/h7-12,14,22H,5-6,13,15-16H2,1-4H3,(H,27,31). The van der Waals surface area contributed by atoms with E-state index in [1.807, 2.05) is 13.8 Å². The van der Waals surface area contributed by atoms with E-state index >= 15 is 0 Å². The van der Waals surface area contributed by atoms with Crippen molar-refractivity contribution < 1.29 is 18.0 Å². The lowest BCUT2D eigenvalue weighted by molar-refractivity contribution is -0.141. The minimum atomic E-state index is -3.89. The molecule has 2 rings (SSSR count). The van der Waals surface area contributed by atoms with E-state index in [0.717, 1.165) is 16.3 Å². The number of carbonyl (C=O) groups excluding carboxylic acids is 2. The maximum absolute atomic E-state index is 13.4. The molecule has 1 atom stereocenters. The third-order valence-corrected chi connectivity index (χ3v) is 7.92. The Morgan fingerprint density at radius 2 is 1.68 bits per heavy atom. The van der Waals surface area contributed by atoms with Gasteiger partial charge in [0.2, 0.25) is 21.8 Å². The molecule has 0 heterocycles. The number of sulfonamides is 1. The van der Waals surface area contributed by atoms with Crippen LogP contribution in [-0.4, -0.2) is 55.6 Å². The normalized spacial score (nSPS) is 12.4. The summed E-state index contributed by atoms with van der Waals surface area (Å²) in [6, 6.07) is 10.6. The van der Waals surface area contributed by atoms with Crippen molar-refractivity contribution in [3.05, 3.63) is 63.6 Å². The lowest BCUT2D eigenvalue weighted by Crippen LogP contribution is -2.51. The Kier molecular flexibility index (Phi) is 10.4. The molecule has 0 spiro atoms. The highest BCUT2D eigenvalue weighted by Crippen LogP contribution is 2.24. The van der Waals surface area contributed by atoms with Gasteiger partial charge in [0.25, 0.3) is 0 Å². The van der Waals surface area contributed by atoms with E-state index in [0.29, 0.717) is 28.6 Å². The summed E-state index contributed by atoms with van der Waals surface area (Å²) in [6.07, 6.45) is 1.11. The Labute approximate surface area is 212 Å². The number of halogens is 2. The molecule has 2 amide bonds. The molecule has 0 radical (unpaired) electrons. The predicted molar refractivity (Wildman–Crippen MR) is 135 cm³/mol. The van der Waals surface area contributed by atoms with Gasteiger partial charge in [0.05, 0.1) is 21.5 Å². The van der Waals surface area contributed by atoms with Crippen molar-refractivity contribution in [3.8, 4) is 0 Å². The minimum absolute atomic E-state index is 0.0756. The number of aryl methyl sites for hydroxylation is 1. The monoisotopic (exact) mass is 527 g/mol. The van der Waals surface area contributed by atoms with Crippen LogP contribution in [0.25, 0.3) is 0 Å². The first-order chi connectivity index (χ1) is 16.0. The Balaban J connectivity index is 2.33. The van der Waals surface area contributed by atoms with Gasteiger partial charge in [-0.1, -0.05) is 60.8 Å². The maximum Gasteiger partial charge on any atom is 0.243 e. The van der Waals surface area contributed by atoms with E-state index in [4.69, 9.17) is 23.2 Å². The summed E-state index contributed by atoms with van der Waals surface area (Å²) < 4.78 is 27.0. The first kappa shape index (κ1) is 28.1. The Hall–Kier alpha value is -2.13. The SMILES string of the molecule is CCCNC(=O)C(CC)N(Cc1ccc(Cl)c(Cl)c1)C(=O)CN(C)S(=O)(=O)c1ccc(C)cc1. The molecular formula is C24H31Cl2N3O4S. The summed E-state index contributed by atoms with van der Waals surface area (Å²) >= 11 is 12.2. The topological polar surface area (TPSA) is 86.8 Å².